The fourth-order valence-corrected chi connectivity index (χ4v) is 1.69. The average Bonchev–Trinajstić information content (AvgIpc) is 2.17. The van der Waals surface area contributed by atoms with Crippen LogP contribution in [0.4, 0.5) is 16.2 Å². The molecule has 1 aliphatic heterocycles. The Morgan fingerprint density at radius 2 is 2.36 bits per heavy atom. The highest BCUT2D eigenvalue weighted by Gasteiger charge is 2.08. The van der Waals surface area contributed by atoms with Gasteiger partial charge in [-0.2, -0.15) is 0 Å². The minimum atomic E-state index is -0.520. The van der Waals surface area contributed by atoms with Gasteiger partial charge >= 0.3 is 6.03 Å². The van der Waals surface area contributed by atoms with Crippen molar-refractivity contribution in [2.45, 2.75) is 12.8 Å². The van der Waals surface area contributed by atoms with Crippen LogP contribution in [0.3, 0.4) is 0 Å². The first-order chi connectivity index (χ1) is 6.75. The summed E-state index contributed by atoms with van der Waals surface area (Å²) in [4.78, 5) is 10.6. The maximum atomic E-state index is 10.6. The summed E-state index contributed by atoms with van der Waals surface area (Å²) in [5, 5.41) is 5.87. The van der Waals surface area contributed by atoms with Gasteiger partial charge in [0.1, 0.15) is 0 Å². The lowest BCUT2D eigenvalue weighted by molar-refractivity contribution is 0.259. The molecule has 0 aromatic heterocycles. The molecule has 1 aromatic carbocycles. The normalized spacial score (nSPS) is 14.0. The van der Waals surface area contributed by atoms with E-state index in [0.717, 1.165) is 30.8 Å². The van der Waals surface area contributed by atoms with Gasteiger partial charge in [-0.3, -0.25) is 0 Å². The number of carbonyl (C=O) groups is 1. The number of primary amides is 1. The van der Waals surface area contributed by atoms with Crippen molar-refractivity contribution in [1.82, 2.24) is 0 Å². The largest absolute Gasteiger partial charge is 0.385 e. The third kappa shape index (κ3) is 1.79. The number of carbonyl (C=O) groups excluding carboxylic acids is 1. The van der Waals surface area contributed by atoms with Crippen molar-refractivity contribution < 1.29 is 4.79 Å². The van der Waals surface area contributed by atoms with Gasteiger partial charge in [0.2, 0.25) is 0 Å². The monoisotopic (exact) mass is 191 g/mol. The number of benzene rings is 1. The van der Waals surface area contributed by atoms with Gasteiger partial charge < -0.3 is 16.4 Å². The van der Waals surface area contributed by atoms with E-state index in [-0.39, 0.29) is 0 Å². The number of fused-ring (bicyclic) bond motifs is 1. The molecule has 0 spiro atoms. The summed E-state index contributed by atoms with van der Waals surface area (Å²) >= 11 is 0. The molecule has 74 valence electrons. The van der Waals surface area contributed by atoms with E-state index in [9.17, 15) is 4.79 Å². The summed E-state index contributed by atoms with van der Waals surface area (Å²) in [6.07, 6.45) is 2.18. The summed E-state index contributed by atoms with van der Waals surface area (Å²) in [5.41, 5.74) is 8.20. The lowest BCUT2D eigenvalue weighted by Crippen LogP contribution is -2.20. The number of nitrogens with two attached hydrogens (primary N) is 1. The van der Waals surface area contributed by atoms with E-state index in [1.807, 2.05) is 18.2 Å². The van der Waals surface area contributed by atoms with E-state index in [1.54, 1.807) is 0 Å². The summed E-state index contributed by atoms with van der Waals surface area (Å²) in [7, 11) is 0. The second kappa shape index (κ2) is 3.57. The van der Waals surface area contributed by atoms with Crippen molar-refractivity contribution in [3.05, 3.63) is 23.8 Å². The van der Waals surface area contributed by atoms with Crippen LogP contribution < -0.4 is 16.4 Å². The number of amides is 2. The molecule has 14 heavy (non-hydrogen) atoms. The van der Waals surface area contributed by atoms with Crippen LogP contribution in [-0.2, 0) is 6.42 Å². The highest BCUT2D eigenvalue weighted by molar-refractivity contribution is 5.88. The van der Waals surface area contributed by atoms with Crippen molar-refractivity contribution in [3.8, 4) is 0 Å². The highest BCUT2D eigenvalue weighted by atomic mass is 16.2. The smallest absolute Gasteiger partial charge is 0.316 e. The van der Waals surface area contributed by atoms with Gasteiger partial charge in [0.05, 0.1) is 0 Å². The molecule has 4 nitrogen and oxygen atoms in total. The van der Waals surface area contributed by atoms with Crippen LogP contribution in [0.2, 0.25) is 0 Å². The maximum absolute atomic E-state index is 10.6. The summed E-state index contributed by atoms with van der Waals surface area (Å²) in [5.74, 6) is 0. The first-order valence-electron chi connectivity index (χ1n) is 4.69. The molecule has 0 unspecified atom stereocenters. The molecule has 0 saturated heterocycles. The Morgan fingerprint density at radius 3 is 3.14 bits per heavy atom. The number of anilines is 2. The van der Waals surface area contributed by atoms with Crippen LogP contribution in [0, 0.1) is 0 Å². The molecule has 1 aliphatic rings. The quantitative estimate of drug-likeness (QED) is 0.630. The predicted octanol–water partition coefficient (Wildman–Crippen LogP) is 1.54. The second-order valence-electron chi connectivity index (χ2n) is 3.39. The average molecular weight is 191 g/mol. The Balaban J connectivity index is 2.24. The van der Waals surface area contributed by atoms with E-state index >= 15 is 0 Å². The molecular formula is C10H13N3O. The van der Waals surface area contributed by atoms with Crippen LogP contribution in [0.25, 0.3) is 0 Å². The lowest BCUT2D eigenvalue weighted by Gasteiger charge is -2.18. The minimum Gasteiger partial charge on any atom is -0.385 e. The molecule has 0 bridgehead atoms. The molecule has 0 fully saturated rings. The Morgan fingerprint density at radius 1 is 1.50 bits per heavy atom. The number of aryl methyl sites for hydroxylation is 1. The third-order valence-electron chi connectivity index (χ3n) is 2.31. The van der Waals surface area contributed by atoms with Gasteiger partial charge in [-0.05, 0) is 36.6 Å². The molecule has 4 N–H and O–H groups in total. The van der Waals surface area contributed by atoms with E-state index in [0.29, 0.717) is 0 Å². The zero-order valence-electron chi connectivity index (χ0n) is 7.84. The minimum absolute atomic E-state index is 0.520. The SMILES string of the molecule is NC(=O)Nc1ccc2c(c1)CCCN2. The molecule has 0 atom stereocenters. The van der Waals surface area contributed by atoms with Crippen LogP contribution in [0.15, 0.2) is 18.2 Å². The lowest BCUT2D eigenvalue weighted by atomic mass is 10.0. The first kappa shape index (κ1) is 8.87. The fraction of sp³-hybridized carbons (Fsp3) is 0.300. The van der Waals surface area contributed by atoms with E-state index in [1.165, 1.54) is 5.56 Å². The molecule has 2 amide bonds. The Bertz CT molecular complexity index is 362. The Labute approximate surface area is 82.5 Å². The van der Waals surface area contributed by atoms with Crippen molar-refractivity contribution in [3.63, 3.8) is 0 Å². The predicted molar refractivity (Wildman–Crippen MR) is 56.5 cm³/mol. The molecule has 0 radical (unpaired) electrons. The van der Waals surface area contributed by atoms with Crippen LogP contribution >= 0.6 is 0 Å². The van der Waals surface area contributed by atoms with Gasteiger partial charge in [0, 0.05) is 17.9 Å². The zero-order valence-corrected chi connectivity index (χ0v) is 7.84. The summed E-state index contributed by atoms with van der Waals surface area (Å²) in [6, 6.07) is 5.27. The molecule has 0 saturated carbocycles. The second-order valence-corrected chi connectivity index (χ2v) is 3.39. The van der Waals surface area contributed by atoms with Gasteiger partial charge in [-0.15, -0.1) is 0 Å². The summed E-state index contributed by atoms with van der Waals surface area (Å²) < 4.78 is 0. The maximum Gasteiger partial charge on any atom is 0.316 e. The van der Waals surface area contributed by atoms with Crippen LogP contribution in [0.1, 0.15) is 12.0 Å². The third-order valence-corrected chi connectivity index (χ3v) is 2.31. The molecule has 2 rings (SSSR count). The van der Waals surface area contributed by atoms with Gasteiger partial charge in [0.15, 0.2) is 0 Å². The van der Waals surface area contributed by atoms with Crippen LogP contribution in [-0.4, -0.2) is 12.6 Å². The molecular weight excluding hydrogens is 178 g/mol. The van der Waals surface area contributed by atoms with Crippen molar-refractivity contribution in [2.75, 3.05) is 17.2 Å². The topological polar surface area (TPSA) is 67.2 Å². The Kier molecular flexibility index (Phi) is 2.26. The van der Waals surface area contributed by atoms with Crippen molar-refractivity contribution >= 4 is 17.4 Å². The number of hydrogen-bond donors (Lipinski definition) is 3. The molecule has 1 heterocycles. The number of hydrogen-bond acceptors (Lipinski definition) is 2. The first-order valence-corrected chi connectivity index (χ1v) is 4.69. The van der Waals surface area contributed by atoms with Crippen molar-refractivity contribution in [2.24, 2.45) is 5.73 Å². The van der Waals surface area contributed by atoms with Crippen molar-refractivity contribution in [1.29, 1.82) is 0 Å². The van der Waals surface area contributed by atoms with Gasteiger partial charge in [-0.1, -0.05) is 0 Å². The fourth-order valence-electron chi connectivity index (χ4n) is 1.69. The van der Waals surface area contributed by atoms with Crippen LogP contribution in [0.5, 0.6) is 0 Å². The number of urea groups is 1. The standard InChI is InChI=1S/C10H13N3O/c11-10(14)13-8-3-4-9-7(6-8)2-1-5-12-9/h3-4,6,12H,1-2,5H2,(H3,11,13,14). The zero-order chi connectivity index (χ0) is 9.97. The molecule has 1 aromatic rings. The van der Waals surface area contributed by atoms with Gasteiger partial charge in [0.25, 0.3) is 0 Å². The summed E-state index contributed by atoms with van der Waals surface area (Å²) in [6.45, 7) is 1.02. The van der Waals surface area contributed by atoms with E-state index in [2.05, 4.69) is 10.6 Å². The van der Waals surface area contributed by atoms with E-state index in [4.69, 9.17) is 5.73 Å². The Hall–Kier alpha value is -1.71. The number of nitrogens with one attached hydrogen (secondary N) is 2. The molecule has 4 heteroatoms. The number of rotatable bonds is 1. The van der Waals surface area contributed by atoms with E-state index < -0.39 is 6.03 Å². The highest BCUT2D eigenvalue weighted by Crippen LogP contribution is 2.24. The van der Waals surface area contributed by atoms with Gasteiger partial charge in [-0.25, -0.2) is 4.79 Å². The molecule has 0 aliphatic carbocycles.